The molecule has 0 saturated carbocycles. The van der Waals surface area contributed by atoms with E-state index in [4.69, 9.17) is 15.0 Å². The number of aromatic nitrogens is 3. The Labute approximate surface area is 377 Å². The summed E-state index contributed by atoms with van der Waals surface area (Å²) in [5.41, 5.74) is 17.5. The lowest BCUT2D eigenvalue weighted by Crippen LogP contribution is -2.16. The van der Waals surface area contributed by atoms with Gasteiger partial charge in [0.05, 0.1) is 0 Å². The highest BCUT2D eigenvalue weighted by Gasteiger charge is 2.37. The summed E-state index contributed by atoms with van der Waals surface area (Å²) >= 11 is 1.84. The van der Waals surface area contributed by atoms with Crippen molar-refractivity contribution in [2.45, 2.75) is 19.3 Å². The van der Waals surface area contributed by atoms with Crippen molar-refractivity contribution in [3.05, 3.63) is 223 Å². The van der Waals surface area contributed by atoms with Crippen LogP contribution in [-0.4, -0.2) is 15.0 Å². The maximum absolute atomic E-state index is 5.35. The fraction of sp³-hybridized carbons (Fsp3) is 0.0500. The molecule has 3 nitrogen and oxygen atoms in total. The van der Waals surface area contributed by atoms with Crippen molar-refractivity contribution in [2.75, 3.05) is 0 Å². The summed E-state index contributed by atoms with van der Waals surface area (Å²) in [6.07, 6.45) is 0. The summed E-state index contributed by atoms with van der Waals surface area (Å²) in [6.45, 7) is 4.69. The van der Waals surface area contributed by atoms with Gasteiger partial charge in [-0.1, -0.05) is 202 Å². The second kappa shape index (κ2) is 15.2. The van der Waals surface area contributed by atoms with Gasteiger partial charge in [0.25, 0.3) is 0 Å². The average molecular weight is 836 g/mol. The van der Waals surface area contributed by atoms with Crippen LogP contribution >= 0.6 is 11.3 Å². The minimum absolute atomic E-state index is 0.143. The van der Waals surface area contributed by atoms with Crippen molar-refractivity contribution >= 4 is 31.5 Å². The molecule has 0 bridgehead atoms. The van der Waals surface area contributed by atoms with Crippen molar-refractivity contribution in [1.82, 2.24) is 15.0 Å². The van der Waals surface area contributed by atoms with Crippen LogP contribution in [0.25, 0.3) is 110 Å². The van der Waals surface area contributed by atoms with Gasteiger partial charge in [0.15, 0.2) is 17.5 Å². The Hall–Kier alpha value is -7.79. The van der Waals surface area contributed by atoms with E-state index in [1.54, 1.807) is 0 Å². The van der Waals surface area contributed by atoms with Crippen LogP contribution in [0.1, 0.15) is 25.0 Å². The van der Waals surface area contributed by atoms with E-state index in [1.165, 1.54) is 70.2 Å². The lowest BCUT2D eigenvalue weighted by atomic mass is 9.79. The first-order valence-electron chi connectivity index (χ1n) is 21.8. The molecule has 0 saturated heterocycles. The highest BCUT2D eigenvalue weighted by molar-refractivity contribution is 7.26. The maximum atomic E-state index is 5.35. The predicted octanol–water partition coefficient (Wildman–Crippen LogP) is 16.2. The van der Waals surface area contributed by atoms with E-state index < -0.39 is 0 Å². The van der Waals surface area contributed by atoms with E-state index in [-0.39, 0.29) is 5.41 Å². The standard InChI is InChI=1S/C60H41N3S/c1-60(2)52-28-12-11-23-47(52)49-27-14-25-45(56(49)60)43-20-13-21-44(36-43)58-61-57(41-18-7-4-8-19-41)62-59(63-58)50-24-10-9-22-46(50)48-26-15-29-54-55(48)51-37-42(34-35-53(51)64-54)40-32-30-39(31-33-40)38-16-5-3-6-17-38/h3-37H,1-2H3. The number of thiophene rings is 1. The third-order valence-electron chi connectivity index (χ3n) is 13.0. The molecular weight excluding hydrogens is 795 g/mol. The van der Waals surface area contributed by atoms with E-state index in [0.29, 0.717) is 17.5 Å². The molecule has 0 unspecified atom stereocenters. The molecule has 11 aromatic rings. The Morgan fingerprint density at radius 2 is 0.844 bits per heavy atom. The Balaban J connectivity index is 0.988. The van der Waals surface area contributed by atoms with E-state index in [1.807, 2.05) is 29.5 Å². The van der Waals surface area contributed by atoms with Gasteiger partial charge in [0.2, 0.25) is 0 Å². The van der Waals surface area contributed by atoms with Crippen LogP contribution in [0.2, 0.25) is 0 Å². The van der Waals surface area contributed by atoms with Gasteiger partial charge in [0.1, 0.15) is 0 Å². The summed E-state index contributed by atoms with van der Waals surface area (Å²) in [6, 6.07) is 76.1. The molecule has 302 valence electrons. The monoisotopic (exact) mass is 835 g/mol. The molecule has 0 amide bonds. The van der Waals surface area contributed by atoms with Crippen LogP contribution in [0.3, 0.4) is 0 Å². The van der Waals surface area contributed by atoms with Crippen molar-refractivity contribution in [2.24, 2.45) is 0 Å². The highest BCUT2D eigenvalue weighted by Crippen LogP contribution is 2.52. The summed E-state index contributed by atoms with van der Waals surface area (Å²) in [4.78, 5) is 15.8. The predicted molar refractivity (Wildman–Crippen MR) is 268 cm³/mol. The van der Waals surface area contributed by atoms with E-state index >= 15 is 0 Å². The van der Waals surface area contributed by atoms with Gasteiger partial charge in [-0.3, -0.25) is 0 Å². The molecule has 0 aliphatic heterocycles. The van der Waals surface area contributed by atoms with Gasteiger partial charge in [-0.2, -0.15) is 0 Å². The molecule has 0 radical (unpaired) electrons. The van der Waals surface area contributed by atoms with Crippen LogP contribution in [0.4, 0.5) is 0 Å². The molecule has 12 rings (SSSR count). The van der Waals surface area contributed by atoms with Crippen LogP contribution in [-0.2, 0) is 5.41 Å². The molecule has 2 aromatic heterocycles. The smallest absolute Gasteiger partial charge is 0.164 e. The van der Waals surface area contributed by atoms with E-state index in [9.17, 15) is 0 Å². The quantitative estimate of drug-likeness (QED) is 0.161. The minimum atomic E-state index is -0.143. The number of rotatable bonds is 7. The zero-order chi connectivity index (χ0) is 42.8. The van der Waals surface area contributed by atoms with Gasteiger partial charge in [-0.25, -0.2) is 15.0 Å². The Morgan fingerprint density at radius 1 is 0.328 bits per heavy atom. The molecule has 0 spiro atoms. The van der Waals surface area contributed by atoms with Gasteiger partial charge in [-0.05, 0) is 91.0 Å². The summed E-state index contributed by atoms with van der Waals surface area (Å²) < 4.78 is 2.50. The molecule has 1 aliphatic rings. The van der Waals surface area contributed by atoms with Crippen molar-refractivity contribution in [3.63, 3.8) is 0 Å². The van der Waals surface area contributed by atoms with E-state index in [0.717, 1.165) is 33.4 Å². The van der Waals surface area contributed by atoms with Crippen molar-refractivity contribution < 1.29 is 0 Å². The molecule has 64 heavy (non-hydrogen) atoms. The highest BCUT2D eigenvalue weighted by atomic mass is 32.1. The lowest BCUT2D eigenvalue weighted by Gasteiger charge is -2.24. The first kappa shape index (κ1) is 37.9. The number of hydrogen-bond acceptors (Lipinski definition) is 4. The fourth-order valence-electron chi connectivity index (χ4n) is 9.89. The number of nitrogens with zero attached hydrogens (tertiary/aromatic N) is 3. The number of benzene rings is 9. The normalized spacial score (nSPS) is 12.7. The first-order chi connectivity index (χ1) is 31.5. The molecular formula is C60H41N3S. The largest absolute Gasteiger partial charge is 0.208 e. The topological polar surface area (TPSA) is 38.7 Å². The lowest BCUT2D eigenvalue weighted by molar-refractivity contribution is 0.662. The third-order valence-corrected chi connectivity index (χ3v) is 14.1. The zero-order valence-electron chi connectivity index (χ0n) is 35.5. The molecule has 9 aromatic carbocycles. The molecule has 4 heteroatoms. The van der Waals surface area contributed by atoms with Gasteiger partial charge in [-0.15, -0.1) is 11.3 Å². The molecule has 0 N–H and O–H groups in total. The molecule has 1 aliphatic carbocycles. The number of fused-ring (bicyclic) bond motifs is 6. The second-order valence-electron chi connectivity index (χ2n) is 17.1. The van der Waals surface area contributed by atoms with Crippen molar-refractivity contribution in [1.29, 1.82) is 0 Å². The SMILES string of the molecule is CC1(C)c2ccccc2-c2cccc(-c3cccc(-c4nc(-c5ccccc5)nc(-c5ccccc5-c5cccc6sc7ccc(-c8ccc(-c9ccccc9)cc8)cc7c56)n4)c3)c21. The van der Waals surface area contributed by atoms with Crippen LogP contribution in [0, 0.1) is 0 Å². The Kier molecular flexibility index (Phi) is 9.03. The van der Waals surface area contributed by atoms with E-state index in [2.05, 4.69) is 208 Å². The van der Waals surface area contributed by atoms with Crippen LogP contribution in [0.5, 0.6) is 0 Å². The summed E-state index contributed by atoms with van der Waals surface area (Å²) in [5, 5.41) is 2.48. The van der Waals surface area contributed by atoms with Gasteiger partial charge >= 0.3 is 0 Å². The second-order valence-corrected chi connectivity index (χ2v) is 18.2. The summed E-state index contributed by atoms with van der Waals surface area (Å²) in [7, 11) is 0. The molecule has 2 heterocycles. The Bertz CT molecular complexity index is 3570. The van der Waals surface area contributed by atoms with Gasteiger partial charge in [0, 0.05) is 42.3 Å². The average Bonchev–Trinajstić information content (AvgIpc) is 3.86. The van der Waals surface area contributed by atoms with Crippen LogP contribution < -0.4 is 0 Å². The number of hydrogen-bond donors (Lipinski definition) is 0. The molecule has 0 fully saturated rings. The third kappa shape index (κ3) is 6.37. The minimum Gasteiger partial charge on any atom is -0.208 e. The van der Waals surface area contributed by atoms with Crippen molar-refractivity contribution in [3.8, 4) is 89.8 Å². The first-order valence-corrected chi connectivity index (χ1v) is 22.7. The van der Waals surface area contributed by atoms with Crippen LogP contribution in [0.15, 0.2) is 212 Å². The Morgan fingerprint density at radius 3 is 1.62 bits per heavy atom. The summed E-state index contributed by atoms with van der Waals surface area (Å²) in [5.74, 6) is 1.91. The van der Waals surface area contributed by atoms with Gasteiger partial charge < -0.3 is 0 Å². The maximum Gasteiger partial charge on any atom is 0.164 e. The molecule has 0 atom stereocenters. The fourth-order valence-corrected chi connectivity index (χ4v) is 11.0. The zero-order valence-corrected chi connectivity index (χ0v) is 36.3.